The van der Waals surface area contributed by atoms with Gasteiger partial charge in [-0.05, 0) is 52.4 Å². The van der Waals surface area contributed by atoms with E-state index in [4.69, 9.17) is 0 Å². The number of halogens is 1. The van der Waals surface area contributed by atoms with Gasteiger partial charge in [0.25, 0.3) is 5.56 Å². The third-order valence-electron chi connectivity index (χ3n) is 5.15. The maximum atomic E-state index is 12.1. The molecule has 1 aromatic heterocycles. The zero-order valence-corrected chi connectivity index (χ0v) is 17.5. The van der Waals surface area contributed by atoms with E-state index in [1.54, 1.807) is 13.2 Å². The lowest BCUT2D eigenvalue weighted by atomic mass is 9.87. The number of likely N-dealkylation sites (N-methyl/N-ethyl adjacent to an activating group) is 1. The molecule has 1 saturated heterocycles. The minimum absolute atomic E-state index is 0.125. The number of hydrogen-bond acceptors (Lipinski definition) is 4. The van der Waals surface area contributed by atoms with Crippen molar-refractivity contribution < 1.29 is 0 Å². The van der Waals surface area contributed by atoms with E-state index in [0.717, 1.165) is 25.2 Å². The minimum Gasteiger partial charge on any atom is -0.379 e. The maximum absolute atomic E-state index is 12.1. The number of nitrogens with one attached hydrogen (secondary N) is 1. The monoisotopic (exact) mass is 418 g/mol. The van der Waals surface area contributed by atoms with Crippen molar-refractivity contribution in [3.63, 3.8) is 0 Å². The van der Waals surface area contributed by atoms with Gasteiger partial charge in [0.05, 0.1) is 11.9 Å². The largest absolute Gasteiger partial charge is 0.379 e. The van der Waals surface area contributed by atoms with E-state index in [1.807, 2.05) is 0 Å². The summed E-state index contributed by atoms with van der Waals surface area (Å²) in [7, 11) is 3.81. The van der Waals surface area contributed by atoms with Gasteiger partial charge in [0, 0.05) is 26.2 Å². The SMILES string of the molecule is CC(C)c1ccc([C@H]2CC(Nc3cnn(C)c(=O)c3Br)CN(C)C2)cc1. The van der Waals surface area contributed by atoms with Gasteiger partial charge < -0.3 is 10.2 Å². The maximum Gasteiger partial charge on any atom is 0.282 e. The van der Waals surface area contributed by atoms with E-state index in [-0.39, 0.29) is 11.6 Å². The predicted molar refractivity (Wildman–Crippen MR) is 110 cm³/mol. The predicted octanol–water partition coefficient (Wildman–Crippen LogP) is 3.57. The number of aryl methyl sites for hydroxylation is 1. The Labute approximate surface area is 163 Å². The number of aromatic nitrogens is 2. The molecule has 2 atom stereocenters. The highest BCUT2D eigenvalue weighted by Crippen LogP contribution is 2.30. The minimum atomic E-state index is -0.125. The summed E-state index contributed by atoms with van der Waals surface area (Å²) >= 11 is 3.41. The molecule has 26 heavy (non-hydrogen) atoms. The second-order valence-corrected chi connectivity index (χ2v) is 8.41. The lowest BCUT2D eigenvalue weighted by molar-refractivity contribution is 0.235. The molecule has 6 heteroatoms. The fourth-order valence-electron chi connectivity index (χ4n) is 3.65. The van der Waals surface area contributed by atoms with Gasteiger partial charge in [-0.25, -0.2) is 4.68 Å². The summed E-state index contributed by atoms with van der Waals surface area (Å²) in [5.41, 5.74) is 3.40. The van der Waals surface area contributed by atoms with Crippen LogP contribution in [0.25, 0.3) is 0 Å². The van der Waals surface area contributed by atoms with Gasteiger partial charge in [0.15, 0.2) is 0 Å². The molecule has 140 valence electrons. The van der Waals surface area contributed by atoms with E-state index in [1.165, 1.54) is 15.8 Å². The molecule has 0 radical (unpaired) electrons. The van der Waals surface area contributed by atoms with Crippen molar-refractivity contribution in [3.8, 4) is 0 Å². The molecule has 1 aromatic carbocycles. The summed E-state index contributed by atoms with van der Waals surface area (Å²) in [4.78, 5) is 14.4. The van der Waals surface area contributed by atoms with Crippen molar-refractivity contribution in [2.75, 3.05) is 25.5 Å². The Balaban J connectivity index is 1.76. The Morgan fingerprint density at radius 3 is 2.54 bits per heavy atom. The van der Waals surface area contributed by atoms with Crippen LogP contribution in [-0.4, -0.2) is 40.9 Å². The van der Waals surface area contributed by atoms with Gasteiger partial charge in [-0.15, -0.1) is 0 Å². The van der Waals surface area contributed by atoms with Crippen LogP contribution in [0.3, 0.4) is 0 Å². The third kappa shape index (κ3) is 4.18. The Hall–Kier alpha value is -1.66. The number of piperidine rings is 1. The fraction of sp³-hybridized carbons (Fsp3) is 0.500. The Kier molecular flexibility index (Phi) is 5.82. The first kappa shape index (κ1) is 19.1. The summed E-state index contributed by atoms with van der Waals surface area (Å²) in [6.07, 6.45) is 2.75. The van der Waals surface area contributed by atoms with E-state index in [9.17, 15) is 4.79 Å². The zero-order chi connectivity index (χ0) is 18.8. The van der Waals surface area contributed by atoms with Crippen LogP contribution in [0.5, 0.6) is 0 Å². The molecule has 3 rings (SSSR count). The molecule has 0 saturated carbocycles. The molecule has 1 N–H and O–H groups in total. The zero-order valence-electron chi connectivity index (χ0n) is 15.9. The van der Waals surface area contributed by atoms with E-state index < -0.39 is 0 Å². The summed E-state index contributed by atoms with van der Waals surface area (Å²) in [6, 6.07) is 9.31. The van der Waals surface area contributed by atoms with Crippen LogP contribution in [-0.2, 0) is 7.05 Å². The smallest absolute Gasteiger partial charge is 0.282 e. The Bertz CT molecular complexity index is 816. The summed E-state index contributed by atoms with van der Waals surface area (Å²) in [5.74, 6) is 1.03. The van der Waals surface area contributed by atoms with Crippen molar-refractivity contribution in [2.24, 2.45) is 7.05 Å². The number of hydrogen-bond donors (Lipinski definition) is 1. The molecule has 0 amide bonds. The molecule has 1 unspecified atom stereocenters. The highest BCUT2D eigenvalue weighted by Gasteiger charge is 2.27. The quantitative estimate of drug-likeness (QED) is 0.824. The van der Waals surface area contributed by atoms with Gasteiger partial charge in [-0.2, -0.15) is 5.10 Å². The normalized spacial score (nSPS) is 21.2. The molecular weight excluding hydrogens is 392 g/mol. The Morgan fingerprint density at radius 1 is 1.19 bits per heavy atom. The molecule has 1 aliphatic rings. The number of nitrogens with zero attached hydrogens (tertiary/aromatic N) is 3. The molecule has 2 aromatic rings. The highest BCUT2D eigenvalue weighted by molar-refractivity contribution is 9.10. The second-order valence-electron chi connectivity index (χ2n) is 7.62. The van der Waals surface area contributed by atoms with Gasteiger partial charge in [-0.3, -0.25) is 4.79 Å². The first-order valence-electron chi connectivity index (χ1n) is 9.12. The first-order valence-corrected chi connectivity index (χ1v) is 9.91. The van der Waals surface area contributed by atoms with Crippen LogP contribution in [0.1, 0.15) is 43.2 Å². The van der Waals surface area contributed by atoms with Crippen molar-refractivity contribution >= 4 is 21.6 Å². The molecular formula is C20H27BrN4O. The number of rotatable bonds is 4. The van der Waals surface area contributed by atoms with E-state index in [0.29, 0.717) is 16.3 Å². The van der Waals surface area contributed by atoms with Gasteiger partial charge in [0.1, 0.15) is 4.47 Å². The van der Waals surface area contributed by atoms with Crippen LogP contribution in [0, 0.1) is 0 Å². The second kappa shape index (κ2) is 7.92. The van der Waals surface area contributed by atoms with Crippen LogP contribution >= 0.6 is 15.9 Å². The topological polar surface area (TPSA) is 50.2 Å². The molecule has 2 heterocycles. The number of benzene rings is 1. The molecule has 0 bridgehead atoms. The third-order valence-corrected chi connectivity index (χ3v) is 5.91. The van der Waals surface area contributed by atoms with Crippen LogP contribution in [0.15, 0.2) is 39.7 Å². The van der Waals surface area contributed by atoms with Gasteiger partial charge in [-0.1, -0.05) is 38.1 Å². The van der Waals surface area contributed by atoms with Crippen LogP contribution in [0.2, 0.25) is 0 Å². The lowest BCUT2D eigenvalue weighted by Crippen LogP contribution is -2.43. The first-order chi connectivity index (χ1) is 12.3. The standard InChI is InChI=1S/C20H27BrN4O/c1-13(2)14-5-7-15(8-6-14)16-9-17(12-24(3)11-16)23-18-10-22-25(4)20(26)19(18)21/h5-8,10,13,16-17,23H,9,11-12H2,1-4H3/t16-,17?/m0/s1. The molecule has 0 spiro atoms. The average molecular weight is 419 g/mol. The summed E-state index contributed by atoms with van der Waals surface area (Å²) in [6.45, 7) is 6.44. The van der Waals surface area contributed by atoms with E-state index in [2.05, 4.69) is 76.4 Å². The fourth-order valence-corrected chi connectivity index (χ4v) is 4.12. The molecule has 1 aliphatic heterocycles. The number of likely N-dealkylation sites (tertiary alicyclic amines) is 1. The Morgan fingerprint density at radius 2 is 1.88 bits per heavy atom. The van der Waals surface area contributed by atoms with Crippen molar-refractivity contribution in [3.05, 3.63) is 56.4 Å². The van der Waals surface area contributed by atoms with Crippen LogP contribution < -0.4 is 10.9 Å². The number of anilines is 1. The van der Waals surface area contributed by atoms with Crippen molar-refractivity contribution in [1.29, 1.82) is 0 Å². The van der Waals surface area contributed by atoms with Gasteiger partial charge >= 0.3 is 0 Å². The molecule has 5 nitrogen and oxygen atoms in total. The van der Waals surface area contributed by atoms with Gasteiger partial charge in [0.2, 0.25) is 0 Å². The van der Waals surface area contributed by atoms with Crippen molar-refractivity contribution in [2.45, 2.75) is 38.1 Å². The molecule has 0 aliphatic carbocycles. The summed E-state index contributed by atoms with van der Waals surface area (Å²) in [5, 5.41) is 7.64. The lowest BCUT2D eigenvalue weighted by Gasteiger charge is -2.37. The van der Waals surface area contributed by atoms with Crippen LogP contribution in [0.4, 0.5) is 5.69 Å². The summed E-state index contributed by atoms with van der Waals surface area (Å²) < 4.78 is 1.88. The van der Waals surface area contributed by atoms with Crippen molar-refractivity contribution in [1.82, 2.24) is 14.7 Å². The molecule has 1 fully saturated rings. The van der Waals surface area contributed by atoms with E-state index >= 15 is 0 Å². The average Bonchev–Trinajstić information content (AvgIpc) is 2.62. The highest BCUT2D eigenvalue weighted by atomic mass is 79.9.